The van der Waals surface area contributed by atoms with E-state index in [2.05, 4.69) is 4.98 Å². The molecule has 2 aliphatic heterocycles. The van der Waals surface area contributed by atoms with Crippen molar-refractivity contribution in [3.63, 3.8) is 0 Å². The molecule has 18 heavy (non-hydrogen) atoms. The van der Waals surface area contributed by atoms with Gasteiger partial charge in [-0.05, 0) is 0 Å². The van der Waals surface area contributed by atoms with Crippen LogP contribution in [0.4, 0.5) is 0 Å². The van der Waals surface area contributed by atoms with Gasteiger partial charge in [-0.15, -0.1) is 0 Å². The zero-order valence-electron chi connectivity index (χ0n) is 9.67. The molecule has 1 aromatic rings. The maximum atomic E-state index is 11.8. The second-order valence-corrected chi connectivity index (χ2v) is 4.68. The average molecular weight is 254 g/mol. The molecule has 7 heteroatoms. The summed E-state index contributed by atoms with van der Waals surface area (Å²) >= 11 is 0. The topological polar surface area (TPSA) is 93.5 Å². The lowest BCUT2D eigenvalue weighted by molar-refractivity contribution is -0.201. The molecule has 3 heterocycles. The fourth-order valence-corrected chi connectivity index (χ4v) is 2.60. The standard InChI is InChI=1S/C11H14N2O5/c14-6-7-5-11(2-4-17-11)9(18-7)13-3-1-8(15)12-10(13)16/h1,3,7,9,14H,2,4-6H2,(H,12,15,16)/t7-,9+,11?/m0/s1. The minimum atomic E-state index is -0.590. The Labute approximate surface area is 102 Å². The Morgan fingerprint density at radius 3 is 2.89 bits per heavy atom. The number of aliphatic hydroxyl groups excluding tert-OH is 1. The van der Waals surface area contributed by atoms with Gasteiger partial charge >= 0.3 is 5.69 Å². The zero-order valence-corrected chi connectivity index (χ0v) is 9.67. The van der Waals surface area contributed by atoms with Crippen molar-refractivity contribution in [3.05, 3.63) is 33.1 Å². The summed E-state index contributed by atoms with van der Waals surface area (Å²) in [6.07, 6.45) is 1.80. The van der Waals surface area contributed by atoms with Gasteiger partial charge in [-0.2, -0.15) is 0 Å². The number of rotatable bonds is 2. The molecule has 7 nitrogen and oxygen atoms in total. The first-order valence-corrected chi connectivity index (χ1v) is 5.86. The van der Waals surface area contributed by atoms with Gasteiger partial charge in [0.15, 0.2) is 6.23 Å². The molecule has 2 saturated heterocycles. The van der Waals surface area contributed by atoms with E-state index in [0.29, 0.717) is 13.0 Å². The van der Waals surface area contributed by atoms with Crippen molar-refractivity contribution >= 4 is 0 Å². The van der Waals surface area contributed by atoms with Gasteiger partial charge in [-0.25, -0.2) is 4.79 Å². The third kappa shape index (κ3) is 1.63. The molecule has 2 N–H and O–H groups in total. The number of aromatic nitrogens is 2. The molecule has 0 saturated carbocycles. The van der Waals surface area contributed by atoms with Gasteiger partial charge in [-0.1, -0.05) is 0 Å². The quantitative estimate of drug-likeness (QED) is 0.704. The second-order valence-electron chi connectivity index (χ2n) is 4.68. The summed E-state index contributed by atoms with van der Waals surface area (Å²) in [6, 6.07) is 1.27. The molecule has 1 aromatic heterocycles. The van der Waals surface area contributed by atoms with Crippen molar-refractivity contribution in [3.8, 4) is 0 Å². The number of nitrogens with one attached hydrogen (secondary N) is 1. The van der Waals surface area contributed by atoms with Gasteiger partial charge in [-0.3, -0.25) is 14.3 Å². The maximum absolute atomic E-state index is 11.8. The Morgan fingerprint density at radius 1 is 1.56 bits per heavy atom. The predicted octanol–water partition coefficient (Wildman–Crippen LogP) is -1.02. The van der Waals surface area contributed by atoms with Crippen LogP contribution in [0.3, 0.4) is 0 Å². The average Bonchev–Trinajstić information content (AvgIpc) is 2.68. The van der Waals surface area contributed by atoms with E-state index in [-0.39, 0.29) is 12.7 Å². The van der Waals surface area contributed by atoms with Gasteiger partial charge < -0.3 is 14.6 Å². The van der Waals surface area contributed by atoms with Gasteiger partial charge in [0.05, 0.1) is 19.3 Å². The minimum absolute atomic E-state index is 0.111. The number of nitrogens with zero attached hydrogens (tertiary/aromatic N) is 1. The number of ether oxygens (including phenoxy) is 2. The van der Waals surface area contributed by atoms with Crippen LogP contribution in [0.1, 0.15) is 19.1 Å². The van der Waals surface area contributed by atoms with Crippen LogP contribution in [0, 0.1) is 0 Å². The predicted molar refractivity (Wildman–Crippen MR) is 60.2 cm³/mol. The van der Waals surface area contributed by atoms with Crippen LogP contribution in [0.25, 0.3) is 0 Å². The largest absolute Gasteiger partial charge is 0.394 e. The molecule has 0 aliphatic carbocycles. The molecular formula is C11H14N2O5. The molecule has 3 rings (SSSR count). The summed E-state index contributed by atoms with van der Waals surface area (Å²) < 4.78 is 12.5. The Morgan fingerprint density at radius 2 is 2.33 bits per heavy atom. The van der Waals surface area contributed by atoms with Crippen LogP contribution in [0.5, 0.6) is 0 Å². The summed E-state index contributed by atoms with van der Waals surface area (Å²) in [5, 5.41) is 9.17. The normalized spacial score (nSPS) is 34.7. The van der Waals surface area contributed by atoms with E-state index in [1.807, 2.05) is 0 Å². The molecule has 2 fully saturated rings. The fraction of sp³-hybridized carbons (Fsp3) is 0.636. The van der Waals surface area contributed by atoms with Crippen molar-refractivity contribution in [2.45, 2.75) is 30.8 Å². The lowest BCUT2D eigenvalue weighted by Crippen LogP contribution is -2.50. The summed E-state index contributed by atoms with van der Waals surface area (Å²) in [5.74, 6) is 0. The lowest BCUT2D eigenvalue weighted by atomic mass is 9.89. The molecule has 0 amide bonds. The van der Waals surface area contributed by atoms with Crippen LogP contribution < -0.4 is 11.2 Å². The number of aromatic amines is 1. The van der Waals surface area contributed by atoms with Crippen molar-refractivity contribution in [1.29, 1.82) is 0 Å². The highest BCUT2D eigenvalue weighted by Crippen LogP contribution is 2.47. The van der Waals surface area contributed by atoms with Crippen molar-refractivity contribution in [2.24, 2.45) is 0 Å². The number of hydrogen-bond donors (Lipinski definition) is 2. The molecule has 98 valence electrons. The Balaban J connectivity index is 1.99. The van der Waals surface area contributed by atoms with Gasteiger partial charge in [0.25, 0.3) is 5.56 Å². The monoisotopic (exact) mass is 254 g/mol. The third-order valence-electron chi connectivity index (χ3n) is 3.57. The van der Waals surface area contributed by atoms with Crippen LogP contribution in [-0.4, -0.2) is 39.6 Å². The number of hydrogen-bond acceptors (Lipinski definition) is 5. The summed E-state index contributed by atoms with van der Waals surface area (Å²) in [6.45, 7) is 0.510. The Bertz CT molecular complexity index is 559. The third-order valence-corrected chi connectivity index (χ3v) is 3.57. The summed E-state index contributed by atoms with van der Waals surface area (Å²) in [5.41, 5.74) is -1.52. The zero-order chi connectivity index (χ0) is 12.8. The molecule has 2 aliphatic rings. The smallest absolute Gasteiger partial charge is 0.330 e. The maximum Gasteiger partial charge on any atom is 0.330 e. The van der Waals surface area contributed by atoms with E-state index in [9.17, 15) is 14.7 Å². The van der Waals surface area contributed by atoms with E-state index in [0.717, 1.165) is 6.42 Å². The van der Waals surface area contributed by atoms with E-state index < -0.39 is 23.1 Å². The number of aliphatic hydroxyl groups is 1. The Kier molecular flexibility index (Phi) is 2.61. The summed E-state index contributed by atoms with van der Waals surface area (Å²) in [4.78, 5) is 25.0. The van der Waals surface area contributed by atoms with E-state index in [4.69, 9.17) is 9.47 Å². The molecule has 0 bridgehead atoms. The molecule has 0 radical (unpaired) electrons. The highest BCUT2D eigenvalue weighted by Gasteiger charge is 2.55. The van der Waals surface area contributed by atoms with Crippen molar-refractivity contribution in [1.82, 2.24) is 9.55 Å². The van der Waals surface area contributed by atoms with Gasteiger partial charge in [0.1, 0.15) is 5.60 Å². The molecule has 1 spiro atoms. The molecular weight excluding hydrogens is 240 g/mol. The lowest BCUT2D eigenvalue weighted by Gasteiger charge is -2.42. The molecule has 3 atom stereocenters. The first kappa shape index (κ1) is 11.6. The Hall–Kier alpha value is -1.44. The van der Waals surface area contributed by atoms with Crippen LogP contribution in [0.2, 0.25) is 0 Å². The second kappa shape index (κ2) is 4.04. The SMILES string of the molecule is O=c1ccn([C@@H]2O[C@H](CO)CC23CCO3)c(=O)[nH]1. The molecule has 0 aromatic carbocycles. The van der Waals surface area contributed by atoms with Crippen LogP contribution in [0.15, 0.2) is 21.9 Å². The first-order valence-electron chi connectivity index (χ1n) is 5.86. The van der Waals surface area contributed by atoms with E-state index in [1.165, 1.54) is 16.8 Å². The highest BCUT2D eigenvalue weighted by atomic mass is 16.6. The van der Waals surface area contributed by atoms with Crippen molar-refractivity contribution < 1.29 is 14.6 Å². The van der Waals surface area contributed by atoms with Crippen molar-refractivity contribution in [2.75, 3.05) is 13.2 Å². The fourth-order valence-electron chi connectivity index (χ4n) is 2.60. The minimum Gasteiger partial charge on any atom is -0.394 e. The van der Waals surface area contributed by atoms with Gasteiger partial charge in [0, 0.05) is 25.1 Å². The highest BCUT2D eigenvalue weighted by molar-refractivity contribution is 5.01. The van der Waals surface area contributed by atoms with Gasteiger partial charge in [0.2, 0.25) is 0 Å². The first-order chi connectivity index (χ1) is 8.64. The molecule has 1 unspecified atom stereocenters. The van der Waals surface area contributed by atoms with E-state index in [1.54, 1.807) is 0 Å². The van der Waals surface area contributed by atoms with Crippen LogP contribution in [-0.2, 0) is 9.47 Å². The summed E-state index contributed by atoms with van der Waals surface area (Å²) in [7, 11) is 0. The number of H-pyrrole nitrogens is 1. The van der Waals surface area contributed by atoms with E-state index >= 15 is 0 Å². The van der Waals surface area contributed by atoms with Crippen LogP contribution >= 0.6 is 0 Å².